The Kier molecular flexibility index (Phi) is 6.19. The second kappa shape index (κ2) is 9.01. The summed E-state index contributed by atoms with van der Waals surface area (Å²) in [5.74, 6) is 0.179. The van der Waals surface area contributed by atoms with Crippen molar-refractivity contribution < 1.29 is 9.53 Å². The minimum atomic E-state index is -0.357. The van der Waals surface area contributed by atoms with Gasteiger partial charge in [-0.05, 0) is 36.4 Å². The number of thiazole rings is 1. The minimum absolute atomic E-state index is 0.179. The van der Waals surface area contributed by atoms with E-state index in [0.717, 1.165) is 5.56 Å². The predicted octanol–water partition coefficient (Wildman–Crippen LogP) is 5.37. The Labute approximate surface area is 190 Å². The van der Waals surface area contributed by atoms with Crippen molar-refractivity contribution in [2.45, 2.75) is 0 Å². The van der Waals surface area contributed by atoms with Gasteiger partial charge in [-0.2, -0.15) is 5.10 Å². The Morgan fingerprint density at radius 2 is 1.90 bits per heavy atom. The number of nitrogens with zero attached hydrogens (tertiary/aromatic N) is 4. The number of aromatic nitrogens is 4. The van der Waals surface area contributed by atoms with Crippen LogP contribution in [0.2, 0.25) is 15.1 Å². The third kappa shape index (κ3) is 4.73. The van der Waals surface area contributed by atoms with Gasteiger partial charge in [0.2, 0.25) is 0 Å². The number of hydrogen-bond acceptors (Lipinski definition) is 6. The largest absolute Gasteiger partial charge is 0.484 e. The monoisotopic (exact) mass is 479 g/mol. The summed E-state index contributed by atoms with van der Waals surface area (Å²) in [6.07, 6.45) is 2.96. The van der Waals surface area contributed by atoms with Gasteiger partial charge in [0.1, 0.15) is 29.1 Å². The molecule has 2 aromatic carbocycles. The van der Waals surface area contributed by atoms with Crippen molar-refractivity contribution in [3.8, 4) is 22.0 Å². The number of nitrogens with one attached hydrogen (secondary N) is 1. The van der Waals surface area contributed by atoms with Gasteiger partial charge >= 0.3 is 0 Å². The molecule has 0 fully saturated rings. The summed E-state index contributed by atoms with van der Waals surface area (Å²) in [5.41, 5.74) is 1.31. The lowest BCUT2D eigenvalue weighted by atomic mass is 10.1. The van der Waals surface area contributed by atoms with Crippen molar-refractivity contribution in [1.82, 2.24) is 19.7 Å². The van der Waals surface area contributed by atoms with Crippen molar-refractivity contribution in [2.75, 3.05) is 11.9 Å². The van der Waals surface area contributed by atoms with Gasteiger partial charge in [0, 0.05) is 10.6 Å². The van der Waals surface area contributed by atoms with Crippen LogP contribution in [0.15, 0.2) is 55.1 Å². The fraction of sp³-hybridized carbons (Fsp3) is 0.0526. The smallest absolute Gasteiger partial charge is 0.264 e. The molecule has 0 unspecified atom stereocenters. The third-order valence-corrected chi connectivity index (χ3v) is 5.81. The first-order chi connectivity index (χ1) is 14.5. The van der Waals surface area contributed by atoms with Gasteiger partial charge in [0.15, 0.2) is 11.7 Å². The number of ether oxygens (including phenoxy) is 1. The summed E-state index contributed by atoms with van der Waals surface area (Å²) in [6, 6.07) is 11.9. The zero-order valence-corrected chi connectivity index (χ0v) is 18.1. The highest BCUT2D eigenvalue weighted by atomic mass is 35.5. The molecule has 4 rings (SSSR count). The molecule has 0 saturated carbocycles. The molecule has 4 aromatic rings. The Balaban J connectivity index is 1.55. The second-order valence-electron chi connectivity index (χ2n) is 5.93. The SMILES string of the molecule is O=C(COc1ccc(Cl)cc1)Nc1nc(-c2ccc(Cl)c(Cl)c2)c(-n2cncn2)s1. The van der Waals surface area contributed by atoms with Crippen molar-refractivity contribution >= 4 is 57.2 Å². The van der Waals surface area contributed by atoms with Crippen molar-refractivity contribution in [3.63, 3.8) is 0 Å². The lowest BCUT2D eigenvalue weighted by molar-refractivity contribution is -0.118. The van der Waals surface area contributed by atoms with Crippen LogP contribution < -0.4 is 10.1 Å². The molecule has 152 valence electrons. The van der Waals surface area contributed by atoms with Crippen molar-refractivity contribution in [2.24, 2.45) is 0 Å². The molecule has 2 aromatic heterocycles. The van der Waals surface area contributed by atoms with E-state index >= 15 is 0 Å². The number of halogens is 3. The number of carbonyl (C=O) groups excluding carboxylic acids is 1. The summed E-state index contributed by atoms with van der Waals surface area (Å²) >= 11 is 19.3. The third-order valence-electron chi connectivity index (χ3n) is 3.86. The summed E-state index contributed by atoms with van der Waals surface area (Å²) in [4.78, 5) is 20.8. The lowest BCUT2D eigenvalue weighted by Gasteiger charge is -2.05. The number of hydrogen-bond donors (Lipinski definition) is 1. The fourth-order valence-corrected chi connectivity index (χ4v) is 3.86. The molecule has 0 radical (unpaired) electrons. The highest BCUT2D eigenvalue weighted by molar-refractivity contribution is 7.18. The van der Waals surface area contributed by atoms with Crippen molar-refractivity contribution in [3.05, 3.63) is 70.2 Å². The molecule has 0 saturated heterocycles. The normalized spacial score (nSPS) is 10.8. The zero-order chi connectivity index (χ0) is 21.1. The molecule has 0 bridgehead atoms. The molecule has 1 N–H and O–H groups in total. The molecule has 11 heteroatoms. The van der Waals surface area contributed by atoms with E-state index in [-0.39, 0.29) is 12.5 Å². The highest BCUT2D eigenvalue weighted by Crippen LogP contribution is 2.36. The molecule has 0 atom stereocenters. The van der Waals surface area contributed by atoms with Crippen LogP contribution in [0, 0.1) is 0 Å². The minimum Gasteiger partial charge on any atom is -0.484 e. The van der Waals surface area contributed by atoms with Crippen LogP contribution in [0.1, 0.15) is 0 Å². The van der Waals surface area contributed by atoms with Gasteiger partial charge in [0.25, 0.3) is 5.91 Å². The van der Waals surface area contributed by atoms with Crippen LogP contribution in [0.3, 0.4) is 0 Å². The predicted molar refractivity (Wildman–Crippen MR) is 118 cm³/mol. The fourth-order valence-electron chi connectivity index (χ4n) is 2.50. The van der Waals surface area contributed by atoms with Crippen molar-refractivity contribution in [1.29, 1.82) is 0 Å². The first-order valence-corrected chi connectivity index (χ1v) is 10.4. The van der Waals surface area contributed by atoms with Gasteiger partial charge in [-0.25, -0.2) is 14.6 Å². The molecular weight excluding hydrogens is 469 g/mol. The maximum atomic E-state index is 12.3. The quantitative estimate of drug-likeness (QED) is 0.401. The van der Waals surface area contributed by atoms with Crippen LogP contribution >= 0.6 is 46.1 Å². The lowest BCUT2D eigenvalue weighted by Crippen LogP contribution is -2.20. The van der Waals surface area contributed by atoms with E-state index < -0.39 is 0 Å². The topological polar surface area (TPSA) is 81.9 Å². The van der Waals surface area contributed by atoms with Crippen LogP contribution in [0.5, 0.6) is 5.75 Å². The standard InChI is InChI=1S/C19H12Cl3N5O2S/c20-12-2-4-13(5-3-12)29-8-16(28)25-19-26-17(11-1-6-14(21)15(22)7-11)18(30-19)27-10-23-9-24-27/h1-7,9-10H,8H2,(H,25,26,28). The Bertz CT molecular complexity index is 1180. The highest BCUT2D eigenvalue weighted by Gasteiger charge is 2.18. The number of amides is 1. The van der Waals surface area contributed by atoms with Gasteiger partial charge in [-0.1, -0.05) is 52.2 Å². The molecule has 0 aliphatic heterocycles. The van der Waals surface area contributed by atoms with E-state index in [1.165, 1.54) is 17.7 Å². The summed E-state index contributed by atoms with van der Waals surface area (Å²) < 4.78 is 7.03. The second-order valence-corrected chi connectivity index (χ2v) is 8.16. The summed E-state index contributed by atoms with van der Waals surface area (Å²) in [5, 5.41) is 9.36. The number of anilines is 1. The van der Waals surface area contributed by atoms with Crippen LogP contribution in [0.25, 0.3) is 16.3 Å². The number of carbonyl (C=O) groups is 1. The average molecular weight is 481 g/mol. The Hall–Kier alpha value is -2.65. The molecule has 1 amide bonds. The van der Waals surface area contributed by atoms with Gasteiger partial charge < -0.3 is 4.74 Å². The first-order valence-electron chi connectivity index (χ1n) is 8.49. The van der Waals surface area contributed by atoms with E-state index in [1.54, 1.807) is 53.5 Å². The van der Waals surface area contributed by atoms with Gasteiger partial charge in [0.05, 0.1) is 10.0 Å². The molecule has 0 aliphatic carbocycles. The number of benzene rings is 2. The van der Waals surface area contributed by atoms with E-state index in [0.29, 0.717) is 36.6 Å². The van der Waals surface area contributed by atoms with E-state index in [2.05, 4.69) is 20.4 Å². The average Bonchev–Trinajstić information content (AvgIpc) is 3.39. The summed E-state index contributed by atoms with van der Waals surface area (Å²) in [7, 11) is 0. The molecule has 0 aliphatic rings. The van der Waals surface area contributed by atoms with Gasteiger partial charge in [-0.3, -0.25) is 10.1 Å². The molecule has 2 heterocycles. The molecule has 0 spiro atoms. The van der Waals surface area contributed by atoms with Gasteiger partial charge in [-0.15, -0.1) is 0 Å². The maximum Gasteiger partial charge on any atom is 0.264 e. The first kappa shape index (κ1) is 20.6. The molecular formula is C19H12Cl3N5O2S. The zero-order valence-electron chi connectivity index (χ0n) is 15.1. The van der Waals surface area contributed by atoms with E-state index in [9.17, 15) is 4.79 Å². The molecule has 7 nitrogen and oxygen atoms in total. The van der Waals surface area contributed by atoms with Crippen LogP contribution in [0.4, 0.5) is 5.13 Å². The maximum absolute atomic E-state index is 12.3. The van der Waals surface area contributed by atoms with Crippen LogP contribution in [-0.4, -0.2) is 32.3 Å². The van der Waals surface area contributed by atoms with E-state index in [1.807, 2.05) is 0 Å². The van der Waals surface area contributed by atoms with Crippen LogP contribution in [-0.2, 0) is 4.79 Å². The van der Waals surface area contributed by atoms with E-state index in [4.69, 9.17) is 39.5 Å². The Morgan fingerprint density at radius 3 is 2.60 bits per heavy atom. The Morgan fingerprint density at radius 1 is 1.10 bits per heavy atom. The molecule has 30 heavy (non-hydrogen) atoms. The summed E-state index contributed by atoms with van der Waals surface area (Å²) in [6.45, 7) is -0.179. The number of rotatable bonds is 6.